The maximum Gasteiger partial charge on any atom is 0.258 e. The van der Waals surface area contributed by atoms with Gasteiger partial charge in [-0.15, -0.1) is 11.8 Å². The lowest BCUT2D eigenvalue weighted by Crippen LogP contribution is -2.11. The van der Waals surface area contributed by atoms with E-state index in [9.17, 15) is 4.79 Å². The van der Waals surface area contributed by atoms with Crippen LogP contribution in [0.25, 0.3) is 10.9 Å². The van der Waals surface area contributed by atoms with E-state index in [-0.39, 0.29) is 5.56 Å². The van der Waals surface area contributed by atoms with Crippen molar-refractivity contribution >= 4 is 38.6 Å². The highest BCUT2D eigenvalue weighted by Gasteiger charge is 2.04. The third-order valence-corrected chi connectivity index (χ3v) is 4.88. The molecule has 5 heteroatoms. The van der Waals surface area contributed by atoms with Gasteiger partial charge in [0.15, 0.2) is 0 Å². The molecule has 0 radical (unpaired) electrons. The van der Waals surface area contributed by atoms with Gasteiger partial charge in [-0.25, -0.2) is 4.98 Å². The highest BCUT2D eigenvalue weighted by atomic mass is 79.9. The fourth-order valence-corrected chi connectivity index (χ4v) is 3.59. The number of nitrogens with zero attached hydrogens (tertiary/aromatic N) is 1. The van der Waals surface area contributed by atoms with Crippen LogP contribution in [0.3, 0.4) is 0 Å². The van der Waals surface area contributed by atoms with Crippen molar-refractivity contribution in [2.45, 2.75) is 11.5 Å². The topological polar surface area (TPSA) is 45.8 Å². The summed E-state index contributed by atoms with van der Waals surface area (Å²) in [4.78, 5) is 19.3. The van der Waals surface area contributed by atoms with E-state index in [0.29, 0.717) is 11.1 Å². The van der Waals surface area contributed by atoms with Crippen molar-refractivity contribution < 1.29 is 0 Å². The molecule has 2 aromatic carbocycles. The summed E-state index contributed by atoms with van der Waals surface area (Å²) in [5, 5.41) is 0.636. The maximum absolute atomic E-state index is 12.0. The maximum atomic E-state index is 12.0. The fourth-order valence-electron chi connectivity index (χ4n) is 2.08. The van der Waals surface area contributed by atoms with Crippen LogP contribution in [0.1, 0.15) is 11.4 Å². The number of H-pyrrole nitrogens is 1. The zero-order chi connectivity index (χ0) is 14.7. The Morgan fingerprint density at radius 2 is 1.81 bits per heavy atom. The van der Waals surface area contributed by atoms with Crippen molar-refractivity contribution in [2.75, 3.05) is 0 Å². The lowest BCUT2D eigenvalue weighted by Gasteiger charge is -2.05. The summed E-state index contributed by atoms with van der Waals surface area (Å²) in [6, 6.07) is 15.6. The fraction of sp³-hybridized carbons (Fsp3) is 0.125. The summed E-state index contributed by atoms with van der Waals surface area (Å²) < 4.78 is 1.11. The molecule has 0 unspecified atom stereocenters. The van der Waals surface area contributed by atoms with E-state index in [1.165, 1.54) is 5.56 Å². The standard InChI is InChI=1S/C16H13BrN2OS/c17-13-7-3-1-5-11(13)9-21-10-15-18-14-8-4-2-6-12(14)16(20)19-15/h1-8H,9-10H2,(H,18,19,20). The molecule has 0 bridgehead atoms. The molecule has 0 fully saturated rings. The molecule has 0 atom stereocenters. The Bertz CT molecular complexity index is 832. The van der Waals surface area contributed by atoms with Gasteiger partial charge in [-0.1, -0.05) is 46.3 Å². The van der Waals surface area contributed by atoms with Crippen LogP contribution in [0, 0.1) is 0 Å². The Kier molecular flexibility index (Phi) is 4.41. The number of para-hydroxylation sites is 1. The van der Waals surface area contributed by atoms with E-state index in [0.717, 1.165) is 21.6 Å². The summed E-state index contributed by atoms with van der Waals surface area (Å²) in [5.41, 5.74) is 1.92. The average Bonchev–Trinajstić information content (AvgIpc) is 2.49. The molecule has 106 valence electrons. The summed E-state index contributed by atoms with van der Waals surface area (Å²) in [6.45, 7) is 0. The van der Waals surface area contributed by atoms with E-state index in [1.807, 2.05) is 36.4 Å². The van der Waals surface area contributed by atoms with Gasteiger partial charge < -0.3 is 4.98 Å². The first kappa shape index (κ1) is 14.4. The van der Waals surface area contributed by atoms with Gasteiger partial charge in [0.25, 0.3) is 5.56 Å². The Hall–Kier alpha value is -1.59. The second kappa shape index (κ2) is 6.45. The SMILES string of the molecule is O=c1[nH]c(CSCc2ccccc2Br)nc2ccccc12. The third kappa shape index (κ3) is 3.36. The zero-order valence-electron chi connectivity index (χ0n) is 11.2. The molecular formula is C16H13BrN2OS. The molecule has 3 aromatic rings. The molecule has 3 rings (SSSR count). The molecule has 0 spiro atoms. The summed E-state index contributed by atoms with van der Waals surface area (Å²) in [6.07, 6.45) is 0. The van der Waals surface area contributed by atoms with E-state index < -0.39 is 0 Å². The Morgan fingerprint density at radius 3 is 2.67 bits per heavy atom. The second-order valence-electron chi connectivity index (χ2n) is 4.61. The van der Waals surface area contributed by atoms with Crippen molar-refractivity contribution in [1.29, 1.82) is 0 Å². The monoisotopic (exact) mass is 360 g/mol. The molecule has 1 aromatic heterocycles. The molecule has 0 amide bonds. The highest BCUT2D eigenvalue weighted by Crippen LogP contribution is 2.22. The molecule has 0 aliphatic carbocycles. The molecule has 1 heterocycles. The predicted octanol–water partition coefficient (Wildman–Crippen LogP) is 4.12. The molecule has 3 nitrogen and oxygen atoms in total. The van der Waals surface area contributed by atoms with Crippen LogP contribution < -0.4 is 5.56 Å². The van der Waals surface area contributed by atoms with E-state index in [1.54, 1.807) is 17.8 Å². The number of hydrogen-bond donors (Lipinski definition) is 1. The molecule has 0 aliphatic heterocycles. The van der Waals surface area contributed by atoms with Gasteiger partial charge in [-0.05, 0) is 23.8 Å². The number of aromatic nitrogens is 2. The number of halogens is 1. The largest absolute Gasteiger partial charge is 0.309 e. The first-order chi connectivity index (χ1) is 10.2. The van der Waals surface area contributed by atoms with Crippen molar-refractivity contribution in [1.82, 2.24) is 9.97 Å². The van der Waals surface area contributed by atoms with Crippen LogP contribution >= 0.6 is 27.7 Å². The van der Waals surface area contributed by atoms with Gasteiger partial charge in [0.2, 0.25) is 0 Å². The lowest BCUT2D eigenvalue weighted by atomic mass is 10.2. The van der Waals surface area contributed by atoms with Crippen LogP contribution in [0.2, 0.25) is 0 Å². The molecule has 21 heavy (non-hydrogen) atoms. The predicted molar refractivity (Wildman–Crippen MR) is 91.5 cm³/mol. The van der Waals surface area contributed by atoms with Crippen molar-refractivity contribution in [3.8, 4) is 0 Å². The molecule has 0 saturated heterocycles. The van der Waals surface area contributed by atoms with Crippen LogP contribution in [0.15, 0.2) is 57.8 Å². The number of hydrogen-bond acceptors (Lipinski definition) is 3. The van der Waals surface area contributed by atoms with Crippen molar-refractivity contribution in [3.63, 3.8) is 0 Å². The van der Waals surface area contributed by atoms with Crippen molar-refractivity contribution in [2.24, 2.45) is 0 Å². The molecule has 0 aliphatic rings. The number of nitrogens with one attached hydrogen (secondary N) is 1. The van der Waals surface area contributed by atoms with E-state index in [2.05, 4.69) is 32.0 Å². The molecule has 0 saturated carbocycles. The minimum atomic E-state index is -0.0721. The lowest BCUT2D eigenvalue weighted by molar-refractivity contribution is 1.04. The minimum Gasteiger partial charge on any atom is -0.309 e. The Balaban J connectivity index is 1.74. The van der Waals surface area contributed by atoms with E-state index in [4.69, 9.17) is 0 Å². The van der Waals surface area contributed by atoms with Gasteiger partial charge in [0, 0.05) is 10.2 Å². The second-order valence-corrected chi connectivity index (χ2v) is 6.45. The number of benzene rings is 2. The summed E-state index contributed by atoms with van der Waals surface area (Å²) in [5.74, 6) is 2.27. The quantitative estimate of drug-likeness (QED) is 0.760. The number of fused-ring (bicyclic) bond motifs is 1. The van der Waals surface area contributed by atoms with Gasteiger partial charge in [-0.2, -0.15) is 0 Å². The van der Waals surface area contributed by atoms with Crippen LogP contribution in [0.4, 0.5) is 0 Å². The number of rotatable bonds is 4. The zero-order valence-corrected chi connectivity index (χ0v) is 13.6. The normalized spacial score (nSPS) is 10.9. The first-order valence-electron chi connectivity index (χ1n) is 6.53. The highest BCUT2D eigenvalue weighted by molar-refractivity contribution is 9.10. The number of thioether (sulfide) groups is 1. The van der Waals surface area contributed by atoms with Crippen molar-refractivity contribution in [3.05, 3.63) is 74.7 Å². The van der Waals surface area contributed by atoms with Gasteiger partial charge >= 0.3 is 0 Å². The average molecular weight is 361 g/mol. The molecular weight excluding hydrogens is 348 g/mol. The van der Waals surface area contributed by atoms with E-state index >= 15 is 0 Å². The third-order valence-electron chi connectivity index (χ3n) is 3.12. The van der Waals surface area contributed by atoms with Crippen LogP contribution in [-0.2, 0) is 11.5 Å². The smallest absolute Gasteiger partial charge is 0.258 e. The van der Waals surface area contributed by atoms with Gasteiger partial charge in [0.05, 0.1) is 16.7 Å². The van der Waals surface area contributed by atoms with Gasteiger partial charge in [-0.3, -0.25) is 4.79 Å². The van der Waals surface area contributed by atoms with Gasteiger partial charge in [0.1, 0.15) is 5.82 Å². The number of aromatic amines is 1. The summed E-state index contributed by atoms with van der Waals surface area (Å²) >= 11 is 5.27. The Labute approximate surface area is 134 Å². The summed E-state index contributed by atoms with van der Waals surface area (Å²) in [7, 11) is 0. The minimum absolute atomic E-state index is 0.0721. The molecule has 1 N–H and O–H groups in total. The first-order valence-corrected chi connectivity index (χ1v) is 8.48. The Morgan fingerprint density at radius 1 is 1.05 bits per heavy atom. The van der Waals surface area contributed by atoms with Crippen LogP contribution in [0.5, 0.6) is 0 Å². The van der Waals surface area contributed by atoms with Crippen LogP contribution in [-0.4, -0.2) is 9.97 Å².